The lowest BCUT2D eigenvalue weighted by Crippen LogP contribution is -2.33. The summed E-state index contributed by atoms with van der Waals surface area (Å²) in [5.41, 5.74) is 5.90. The molecular weight excluding hydrogens is 274 g/mol. The fourth-order valence-corrected chi connectivity index (χ4v) is 2.29. The molecule has 108 valence electrons. The summed E-state index contributed by atoms with van der Waals surface area (Å²) in [6.07, 6.45) is 1.15. The Balaban J connectivity index is 2.63. The summed E-state index contributed by atoms with van der Waals surface area (Å²) < 4.78 is 48.6. The number of nitrogens with zero attached hydrogens (tertiary/aromatic N) is 1. The number of likely N-dealkylation sites (N-methyl/N-ethyl adjacent to an activating group) is 1. The molecule has 0 bridgehead atoms. The molecule has 19 heavy (non-hydrogen) atoms. The number of rotatable bonds is 6. The van der Waals surface area contributed by atoms with Crippen LogP contribution >= 0.6 is 0 Å². The maximum absolute atomic E-state index is 13.5. The fourth-order valence-electron chi connectivity index (χ4n) is 1.65. The van der Waals surface area contributed by atoms with Gasteiger partial charge in [0.15, 0.2) is 0 Å². The third-order valence-corrected chi connectivity index (χ3v) is 3.63. The first-order valence-electron chi connectivity index (χ1n) is 5.76. The van der Waals surface area contributed by atoms with E-state index in [1.165, 1.54) is 0 Å². The molecule has 4 nitrogen and oxygen atoms in total. The predicted octanol–water partition coefficient (Wildman–Crippen LogP) is 0.941. The average molecular weight is 292 g/mol. The summed E-state index contributed by atoms with van der Waals surface area (Å²) in [6, 6.07) is 2.41. The zero-order valence-electron chi connectivity index (χ0n) is 10.9. The summed E-state index contributed by atoms with van der Waals surface area (Å²) in [5, 5.41) is 0. The predicted molar refractivity (Wildman–Crippen MR) is 70.5 cm³/mol. The summed E-state index contributed by atoms with van der Waals surface area (Å²) in [5.74, 6) is -1.11. The molecular formula is C12H18F2N2O2S. The van der Waals surface area contributed by atoms with Gasteiger partial charge in [-0.15, -0.1) is 0 Å². The van der Waals surface area contributed by atoms with Crippen molar-refractivity contribution in [2.24, 2.45) is 5.73 Å². The highest BCUT2D eigenvalue weighted by molar-refractivity contribution is 7.90. The van der Waals surface area contributed by atoms with Crippen molar-refractivity contribution in [2.45, 2.75) is 6.04 Å². The van der Waals surface area contributed by atoms with Gasteiger partial charge < -0.3 is 10.6 Å². The minimum absolute atomic E-state index is 0.00184. The van der Waals surface area contributed by atoms with E-state index in [0.717, 1.165) is 24.5 Å². The lowest BCUT2D eigenvalue weighted by atomic mass is 10.1. The Morgan fingerprint density at radius 3 is 2.58 bits per heavy atom. The van der Waals surface area contributed by atoms with Gasteiger partial charge in [0.2, 0.25) is 0 Å². The van der Waals surface area contributed by atoms with Crippen LogP contribution in [0.4, 0.5) is 8.78 Å². The summed E-state index contributed by atoms with van der Waals surface area (Å²) in [4.78, 5) is 1.68. The van der Waals surface area contributed by atoms with Crippen LogP contribution in [0.25, 0.3) is 0 Å². The number of halogens is 2. The van der Waals surface area contributed by atoms with E-state index in [9.17, 15) is 17.2 Å². The number of nitrogens with two attached hydrogens (primary N) is 1. The Hall–Kier alpha value is -1.05. The molecule has 0 fully saturated rings. The first-order chi connectivity index (χ1) is 8.69. The Bertz CT molecular complexity index is 535. The van der Waals surface area contributed by atoms with Crippen LogP contribution < -0.4 is 5.73 Å². The smallest absolute Gasteiger partial charge is 0.148 e. The number of benzene rings is 1. The highest BCUT2D eigenvalue weighted by Crippen LogP contribution is 2.17. The van der Waals surface area contributed by atoms with Gasteiger partial charge in [-0.25, -0.2) is 17.2 Å². The minimum Gasteiger partial charge on any atom is -0.323 e. The number of sulfone groups is 1. The molecule has 1 aromatic rings. The van der Waals surface area contributed by atoms with Crippen molar-refractivity contribution >= 4 is 9.84 Å². The van der Waals surface area contributed by atoms with Crippen LogP contribution in [-0.4, -0.2) is 45.5 Å². The molecule has 0 saturated carbocycles. The summed E-state index contributed by atoms with van der Waals surface area (Å²) in [7, 11) is -1.37. The van der Waals surface area contributed by atoms with Crippen LogP contribution in [0, 0.1) is 11.6 Å². The van der Waals surface area contributed by atoms with E-state index >= 15 is 0 Å². The maximum Gasteiger partial charge on any atom is 0.148 e. The number of hydrogen-bond acceptors (Lipinski definition) is 4. The topological polar surface area (TPSA) is 63.4 Å². The van der Waals surface area contributed by atoms with Crippen molar-refractivity contribution < 1.29 is 17.2 Å². The van der Waals surface area contributed by atoms with Gasteiger partial charge in [-0.2, -0.15) is 0 Å². The van der Waals surface area contributed by atoms with E-state index in [-0.39, 0.29) is 17.9 Å². The second kappa shape index (κ2) is 6.40. The minimum atomic E-state index is -3.05. The molecule has 0 aliphatic rings. The van der Waals surface area contributed by atoms with Gasteiger partial charge in [-0.3, -0.25) is 0 Å². The molecule has 0 aliphatic heterocycles. The number of hydrogen-bond donors (Lipinski definition) is 1. The molecule has 0 amide bonds. The molecule has 0 radical (unpaired) electrons. The van der Waals surface area contributed by atoms with Crippen LogP contribution in [0.3, 0.4) is 0 Å². The SMILES string of the molecule is CN(CCS(C)(=O)=O)CC(N)c1cc(F)ccc1F. The van der Waals surface area contributed by atoms with Crippen molar-refractivity contribution in [3.05, 3.63) is 35.4 Å². The highest BCUT2D eigenvalue weighted by atomic mass is 32.2. The van der Waals surface area contributed by atoms with Crippen LogP contribution in [0.5, 0.6) is 0 Å². The Labute approximate surface area is 112 Å². The fraction of sp³-hybridized carbons (Fsp3) is 0.500. The van der Waals surface area contributed by atoms with E-state index < -0.39 is 27.5 Å². The third-order valence-electron chi connectivity index (χ3n) is 2.71. The Morgan fingerprint density at radius 2 is 2.00 bits per heavy atom. The third kappa shape index (κ3) is 5.63. The van der Waals surface area contributed by atoms with Gasteiger partial charge in [0, 0.05) is 31.0 Å². The second-order valence-corrected chi connectivity index (χ2v) is 6.92. The van der Waals surface area contributed by atoms with E-state index in [2.05, 4.69) is 0 Å². The molecule has 2 N–H and O–H groups in total. The molecule has 1 aromatic carbocycles. The maximum atomic E-state index is 13.5. The molecule has 1 unspecified atom stereocenters. The molecule has 0 heterocycles. The van der Waals surface area contributed by atoms with Gasteiger partial charge in [0.05, 0.1) is 5.75 Å². The Kier molecular flexibility index (Phi) is 5.39. The monoisotopic (exact) mass is 292 g/mol. The molecule has 7 heteroatoms. The largest absolute Gasteiger partial charge is 0.323 e. The van der Waals surface area contributed by atoms with E-state index in [4.69, 9.17) is 5.73 Å². The van der Waals surface area contributed by atoms with Gasteiger partial charge in [0.25, 0.3) is 0 Å². The Morgan fingerprint density at radius 1 is 1.37 bits per heavy atom. The van der Waals surface area contributed by atoms with Crippen molar-refractivity contribution in [1.82, 2.24) is 4.90 Å². The normalized spacial score (nSPS) is 13.8. The van der Waals surface area contributed by atoms with E-state index in [1.807, 2.05) is 0 Å². The van der Waals surface area contributed by atoms with Crippen molar-refractivity contribution in [3.63, 3.8) is 0 Å². The zero-order chi connectivity index (χ0) is 14.6. The molecule has 0 aromatic heterocycles. The quantitative estimate of drug-likeness (QED) is 0.847. The molecule has 0 aliphatic carbocycles. The summed E-state index contributed by atoms with van der Waals surface area (Å²) >= 11 is 0. The van der Waals surface area contributed by atoms with Crippen LogP contribution in [-0.2, 0) is 9.84 Å². The van der Waals surface area contributed by atoms with Crippen LogP contribution in [0.15, 0.2) is 18.2 Å². The van der Waals surface area contributed by atoms with Gasteiger partial charge in [-0.05, 0) is 25.2 Å². The van der Waals surface area contributed by atoms with Gasteiger partial charge in [-0.1, -0.05) is 0 Å². The van der Waals surface area contributed by atoms with Crippen LogP contribution in [0.2, 0.25) is 0 Å². The first kappa shape index (κ1) is 16.0. The average Bonchev–Trinajstić information content (AvgIpc) is 2.28. The van der Waals surface area contributed by atoms with Gasteiger partial charge >= 0.3 is 0 Å². The molecule has 0 saturated heterocycles. The lowest BCUT2D eigenvalue weighted by molar-refractivity contribution is 0.326. The van der Waals surface area contributed by atoms with Crippen molar-refractivity contribution in [3.8, 4) is 0 Å². The van der Waals surface area contributed by atoms with Crippen LogP contribution in [0.1, 0.15) is 11.6 Å². The van der Waals surface area contributed by atoms with E-state index in [1.54, 1.807) is 11.9 Å². The summed E-state index contributed by atoms with van der Waals surface area (Å²) in [6.45, 7) is 0.541. The van der Waals surface area contributed by atoms with Gasteiger partial charge in [0.1, 0.15) is 21.5 Å². The molecule has 1 atom stereocenters. The lowest BCUT2D eigenvalue weighted by Gasteiger charge is -2.21. The highest BCUT2D eigenvalue weighted by Gasteiger charge is 2.15. The molecule has 1 rings (SSSR count). The second-order valence-electron chi connectivity index (χ2n) is 4.66. The molecule has 0 spiro atoms. The van der Waals surface area contributed by atoms with Crippen molar-refractivity contribution in [2.75, 3.05) is 32.1 Å². The van der Waals surface area contributed by atoms with Crippen molar-refractivity contribution in [1.29, 1.82) is 0 Å². The first-order valence-corrected chi connectivity index (χ1v) is 7.82. The zero-order valence-corrected chi connectivity index (χ0v) is 11.8. The van der Waals surface area contributed by atoms with E-state index in [0.29, 0.717) is 6.54 Å². The standard InChI is InChI=1S/C12H18F2N2O2S/c1-16(5-6-19(2,17)18)8-12(15)10-7-9(13)3-4-11(10)14/h3-4,7,12H,5-6,8,15H2,1-2H3.